The monoisotopic (exact) mass is 256 g/mol. The Morgan fingerprint density at radius 1 is 1.53 bits per heavy atom. The van der Waals surface area contributed by atoms with Crippen molar-refractivity contribution in [1.82, 2.24) is 10.2 Å². The molecular formula is C12H20N2O2S. The van der Waals surface area contributed by atoms with Gasteiger partial charge in [0.05, 0.1) is 6.61 Å². The zero-order chi connectivity index (χ0) is 12.5. The average molecular weight is 256 g/mol. The summed E-state index contributed by atoms with van der Waals surface area (Å²) >= 11 is 1.66. The van der Waals surface area contributed by atoms with Gasteiger partial charge in [-0.2, -0.15) is 11.3 Å². The highest BCUT2D eigenvalue weighted by atomic mass is 32.1. The molecule has 1 aromatic heterocycles. The van der Waals surface area contributed by atoms with Gasteiger partial charge in [0.1, 0.15) is 0 Å². The lowest BCUT2D eigenvalue weighted by Gasteiger charge is -2.21. The van der Waals surface area contributed by atoms with Crippen molar-refractivity contribution in [3.05, 3.63) is 22.4 Å². The van der Waals surface area contributed by atoms with Gasteiger partial charge in [0.15, 0.2) is 0 Å². The Hall–Kier alpha value is -1.07. The van der Waals surface area contributed by atoms with Crippen LogP contribution in [0, 0.1) is 0 Å². The summed E-state index contributed by atoms with van der Waals surface area (Å²) in [6.07, 6.45) is 1.76. The van der Waals surface area contributed by atoms with Crippen LogP contribution in [0.2, 0.25) is 0 Å². The highest BCUT2D eigenvalue weighted by Gasteiger charge is 2.10. The maximum Gasteiger partial charge on any atom is 0.317 e. The van der Waals surface area contributed by atoms with E-state index in [1.807, 2.05) is 12.3 Å². The smallest absolute Gasteiger partial charge is 0.317 e. The van der Waals surface area contributed by atoms with Gasteiger partial charge < -0.3 is 15.3 Å². The molecule has 2 N–H and O–H groups in total. The van der Waals surface area contributed by atoms with E-state index in [0.717, 1.165) is 12.8 Å². The molecule has 4 nitrogen and oxygen atoms in total. The first kappa shape index (κ1) is 14.0. The second-order valence-electron chi connectivity index (χ2n) is 3.82. The van der Waals surface area contributed by atoms with Gasteiger partial charge in [-0.15, -0.1) is 0 Å². The molecule has 0 spiro atoms. The van der Waals surface area contributed by atoms with Gasteiger partial charge in [-0.3, -0.25) is 0 Å². The van der Waals surface area contributed by atoms with Gasteiger partial charge in [0, 0.05) is 19.6 Å². The van der Waals surface area contributed by atoms with E-state index in [4.69, 9.17) is 5.11 Å². The molecule has 1 aromatic rings. The summed E-state index contributed by atoms with van der Waals surface area (Å²) in [5.41, 5.74) is 1.25. The number of amides is 2. The Morgan fingerprint density at radius 2 is 2.35 bits per heavy atom. The SMILES string of the molecule is CCCN(CCO)C(=O)NCCc1ccsc1. The van der Waals surface area contributed by atoms with Crippen LogP contribution in [0.1, 0.15) is 18.9 Å². The van der Waals surface area contributed by atoms with Crippen LogP contribution >= 0.6 is 11.3 Å². The molecule has 0 radical (unpaired) electrons. The fourth-order valence-corrected chi connectivity index (χ4v) is 2.27. The lowest BCUT2D eigenvalue weighted by molar-refractivity contribution is 0.177. The second kappa shape index (κ2) is 8.08. The van der Waals surface area contributed by atoms with E-state index in [9.17, 15) is 4.79 Å². The molecule has 2 amide bonds. The number of rotatable bonds is 7. The fourth-order valence-electron chi connectivity index (χ4n) is 1.57. The number of urea groups is 1. The van der Waals surface area contributed by atoms with E-state index >= 15 is 0 Å². The van der Waals surface area contributed by atoms with Crippen LogP contribution < -0.4 is 5.32 Å². The lowest BCUT2D eigenvalue weighted by Crippen LogP contribution is -2.42. The Balaban J connectivity index is 2.26. The van der Waals surface area contributed by atoms with Crippen molar-refractivity contribution in [2.45, 2.75) is 19.8 Å². The molecule has 0 aromatic carbocycles. The van der Waals surface area contributed by atoms with Crippen LogP contribution in [0.25, 0.3) is 0 Å². The molecule has 0 aliphatic heterocycles. The molecule has 17 heavy (non-hydrogen) atoms. The van der Waals surface area contributed by atoms with Crippen molar-refractivity contribution in [3.63, 3.8) is 0 Å². The molecule has 0 atom stereocenters. The molecule has 0 unspecified atom stereocenters. The first-order valence-corrected chi connectivity index (χ1v) is 6.87. The largest absolute Gasteiger partial charge is 0.395 e. The summed E-state index contributed by atoms with van der Waals surface area (Å²) in [4.78, 5) is 13.4. The highest BCUT2D eigenvalue weighted by molar-refractivity contribution is 7.07. The van der Waals surface area contributed by atoms with Crippen LogP contribution in [-0.4, -0.2) is 42.3 Å². The number of thiophene rings is 1. The molecule has 0 saturated heterocycles. The summed E-state index contributed by atoms with van der Waals surface area (Å²) in [6.45, 7) is 3.76. The summed E-state index contributed by atoms with van der Waals surface area (Å²) in [5.74, 6) is 0. The molecule has 5 heteroatoms. The minimum absolute atomic E-state index is 0.0119. The fraction of sp³-hybridized carbons (Fsp3) is 0.583. The second-order valence-corrected chi connectivity index (χ2v) is 4.60. The van der Waals surface area contributed by atoms with Crippen molar-refractivity contribution in [3.8, 4) is 0 Å². The van der Waals surface area contributed by atoms with Crippen molar-refractivity contribution >= 4 is 17.4 Å². The molecule has 1 heterocycles. The van der Waals surface area contributed by atoms with Crippen LogP contribution in [0.4, 0.5) is 4.79 Å². The zero-order valence-corrected chi connectivity index (χ0v) is 11.0. The summed E-state index contributed by atoms with van der Waals surface area (Å²) < 4.78 is 0. The molecule has 0 fully saturated rings. The van der Waals surface area contributed by atoms with Gasteiger partial charge in [0.2, 0.25) is 0 Å². The van der Waals surface area contributed by atoms with Gasteiger partial charge in [-0.1, -0.05) is 6.92 Å². The zero-order valence-electron chi connectivity index (χ0n) is 10.2. The quantitative estimate of drug-likeness (QED) is 0.780. The van der Waals surface area contributed by atoms with Crippen molar-refractivity contribution < 1.29 is 9.90 Å². The number of aliphatic hydroxyl groups is 1. The van der Waals surface area contributed by atoms with Crippen LogP contribution in [0.15, 0.2) is 16.8 Å². The molecule has 0 aliphatic carbocycles. The van der Waals surface area contributed by atoms with Gasteiger partial charge in [-0.25, -0.2) is 4.79 Å². The number of nitrogens with one attached hydrogen (secondary N) is 1. The molecule has 1 rings (SSSR count). The third kappa shape index (κ3) is 5.19. The Kier molecular flexibility index (Phi) is 6.65. The van der Waals surface area contributed by atoms with Gasteiger partial charge >= 0.3 is 6.03 Å². The predicted molar refractivity (Wildman–Crippen MR) is 70.4 cm³/mol. The number of aliphatic hydroxyl groups excluding tert-OH is 1. The van der Waals surface area contributed by atoms with E-state index in [-0.39, 0.29) is 12.6 Å². The van der Waals surface area contributed by atoms with Crippen molar-refractivity contribution in [1.29, 1.82) is 0 Å². The Labute approximate surface area is 106 Å². The minimum atomic E-state index is -0.0869. The first-order chi connectivity index (χ1) is 8.27. The third-order valence-corrected chi connectivity index (χ3v) is 3.15. The summed E-state index contributed by atoms with van der Waals surface area (Å²) in [7, 11) is 0. The van der Waals surface area contributed by atoms with Gasteiger partial charge in [0.25, 0.3) is 0 Å². The number of hydrogen-bond donors (Lipinski definition) is 2. The molecular weight excluding hydrogens is 236 g/mol. The topological polar surface area (TPSA) is 52.6 Å². The summed E-state index contributed by atoms with van der Waals surface area (Å²) in [5, 5.41) is 15.9. The minimum Gasteiger partial charge on any atom is -0.395 e. The van der Waals surface area contributed by atoms with Crippen LogP contribution in [-0.2, 0) is 6.42 Å². The number of nitrogens with zero attached hydrogens (tertiary/aromatic N) is 1. The summed E-state index contributed by atoms with van der Waals surface area (Å²) in [6, 6.07) is 1.98. The Bertz CT molecular complexity index is 308. The van der Waals surface area contributed by atoms with Crippen molar-refractivity contribution in [2.24, 2.45) is 0 Å². The van der Waals surface area contributed by atoms with E-state index in [1.54, 1.807) is 16.2 Å². The molecule has 0 bridgehead atoms. The number of carbonyl (C=O) groups excluding carboxylic acids is 1. The molecule has 96 valence electrons. The first-order valence-electron chi connectivity index (χ1n) is 5.92. The van der Waals surface area contributed by atoms with E-state index in [1.165, 1.54) is 5.56 Å². The molecule has 0 saturated carbocycles. The maximum absolute atomic E-state index is 11.8. The van der Waals surface area contributed by atoms with Crippen LogP contribution in [0.5, 0.6) is 0 Å². The highest BCUT2D eigenvalue weighted by Crippen LogP contribution is 2.05. The normalized spacial score (nSPS) is 10.2. The predicted octanol–water partition coefficient (Wildman–Crippen LogP) is 1.70. The van der Waals surface area contributed by atoms with Gasteiger partial charge in [-0.05, 0) is 35.2 Å². The maximum atomic E-state index is 11.8. The van der Waals surface area contributed by atoms with E-state index < -0.39 is 0 Å². The average Bonchev–Trinajstić information content (AvgIpc) is 2.81. The van der Waals surface area contributed by atoms with Crippen molar-refractivity contribution in [2.75, 3.05) is 26.2 Å². The number of hydrogen-bond acceptors (Lipinski definition) is 3. The third-order valence-electron chi connectivity index (χ3n) is 2.42. The lowest BCUT2D eigenvalue weighted by atomic mass is 10.2. The number of carbonyl (C=O) groups is 1. The Morgan fingerprint density at radius 3 is 2.94 bits per heavy atom. The van der Waals surface area contributed by atoms with Crippen LogP contribution in [0.3, 0.4) is 0 Å². The molecule has 0 aliphatic rings. The van der Waals surface area contributed by atoms with E-state index in [0.29, 0.717) is 19.6 Å². The standard InChI is InChI=1S/C12H20N2O2S/c1-2-6-14(7-8-15)12(16)13-5-3-11-4-9-17-10-11/h4,9-10,15H,2-3,5-8H2,1H3,(H,13,16). The van der Waals surface area contributed by atoms with E-state index in [2.05, 4.69) is 16.8 Å².